The van der Waals surface area contributed by atoms with E-state index in [9.17, 15) is 30.0 Å². The standard InChI is InChI=1S/C30H44O6/c1-18(2)21-10-11-23-22(28(21,4)14-13-25(33)34)12-15-29(5)26(24(32)16-30(23,29)6)20(27(35)36)9-7-8-19(3)17-31/h8,11-12,20-21,24,26,31-32H,1,7,9-10,13-17H2,2-6H3,(H,33,34)(H,35,36)/b19-8-/t20-,21?,24-,26+,28+,29-,30+/m1/s1. The number of aliphatic carboxylic acids is 2. The number of allylic oxidation sites excluding steroid dienone is 6. The van der Waals surface area contributed by atoms with E-state index in [1.54, 1.807) is 0 Å². The fourth-order valence-electron chi connectivity index (χ4n) is 7.79. The summed E-state index contributed by atoms with van der Waals surface area (Å²) in [6.45, 7) is 14.5. The summed E-state index contributed by atoms with van der Waals surface area (Å²) in [6, 6.07) is 0. The molecule has 0 heterocycles. The molecule has 0 radical (unpaired) electrons. The van der Waals surface area contributed by atoms with E-state index < -0.39 is 40.7 Å². The van der Waals surface area contributed by atoms with Gasteiger partial charge < -0.3 is 20.4 Å². The van der Waals surface area contributed by atoms with E-state index in [2.05, 4.69) is 39.5 Å². The molecular weight excluding hydrogens is 456 g/mol. The van der Waals surface area contributed by atoms with Crippen LogP contribution in [0.1, 0.15) is 79.6 Å². The van der Waals surface area contributed by atoms with Crippen LogP contribution in [-0.2, 0) is 9.59 Å². The van der Waals surface area contributed by atoms with Gasteiger partial charge in [-0.3, -0.25) is 9.59 Å². The van der Waals surface area contributed by atoms with Gasteiger partial charge in [-0.25, -0.2) is 0 Å². The van der Waals surface area contributed by atoms with E-state index in [1.165, 1.54) is 0 Å². The van der Waals surface area contributed by atoms with Crippen molar-refractivity contribution in [1.82, 2.24) is 0 Å². The minimum atomic E-state index is -0.888. The molecule has 0 aromatic rings. The van der Waals surface area contributed by atoms with Crippen LogP contribution in [0.25, 0.3) is 0 Å². The van der Waals surface area contributed by atoms with E-state index in [1.807, 2.05) is 19.9 Å². The lowest BCUT2D eigenvalue weighted by Crippen LogP contribution is -2.48. The van der Waals surface area contributed by atoms with Crippen LogP contribution >= 0.6 is 0 Å². The van der Waals surface area contributed by atoms with Crippen molar-refractivity contribution >= 4 is 11.9 Å². The van der Waals surface area contributed by atoms with Crippen LogP contribution < -0.4 is 0 Å². The summed E-state index contributed by atoms with van der Waals surface area (Å²) in [5.41, 5.74) is 2.92. The predicted molar refractivity (Wildman–Crippen MR) is 140 cm³/mol. The van der Waals surface area contributed by atoms with Crippen molar-refractivity contribution in [2.75, 3.05) is 6.61 Å². The lowest BCUT2D eigenvalue weighted by atomic mass is 9.48. The molecule has 0 aliphatic heterocycles. The normalized spacial score (nSPS) is 36.9. The molecule has 0 bridgehead atoms. The zero-order valence-electron chi connectivity index (χ0n) is 22.5. The molecule has 0 amide bonds. The number of hydrogen-bond acceptors (Lipinski definition) is 4. The Bertz CT molecular complexity index is 1000. The van der Waals surface area contributed by atoms with Crippen LogP contribution in [0.5, 0.6) is 0 Å². The maximum absolute atomic E-state index is 12.5. The van der Waals surface area contributed by atoms with Crippen LogP contribution in [-0.4, -0.2) is 45.1 Å². The third-order valence-electron chi connectivity index (χ3n) is 10.0. The van der Waals surface area contributed by atoms with Gasteiger partial charge in [-0.15, -0.1) is 0 Å². The van der Waals surface area contributed by atoms with Gasteiger partial charge in [0.15, 0.2) is 0 Å². The van der Waals surface area contributed by atoms with Gasteiger partial charge in [0.1, 0.15) is 0 Å². The Morgan fingerprint density at radius 2 is 1.83 bits per heavy atom. The second-order valence-electron chi connectivity index (χ2n) is 12.2. The van der Waals surface area contributed by atoms with Gasteiger partial charge in [-0.2, -0.15) is 0 Å². The lowest BCUT2D eigenvalue weighted by molar-refractivity contribution is -0.148. The highest BCUT2D eigenvalue weighted by molar-refractivity contribution is 5.71. The summed E-state index contributed by atoms with van der Waals surface area (Å²) in [7, 11) is 0. The Balaban J connectivity index is 2.04. The zero-order valence-corrected chi connectivity index (χ0v) is 22.5. The molecular formula is C30H44O6. The SMILES string of the molecule is C=C(C)C1CC=C2C(=CC[C@]3(C)[C@@H]([C@@H](CC/C=C(/C)CO)C(=O)O)[C@H](O)C[C@@]23C)[C@@]1(C)CCC(=O)O. The fraction of sp³-hybridized carbons (Fsp3) is 0.667. The second-order valence-corrected chi connectivity index (χ2v) is 12.2. The molecule has 1 saturated carbocycles. The molecule has 1 unspecified atom stereocenters. The molecule has 3 aliphatic carbocycles. The highest BCUT2D eigenvalue weighted by Gasteiger charge is 2.65. The first-order valence-electron chi connectivity index (χ1n) is 13.2. The van der Waals surface area contributed by atoms with Gasteiger partial charge in [0.25, 0.3) is 0 Å². The second kappa shape index (κ2) is 10.3. The average molecular weight is 501 g/mol. The van der Waals surface area contributed by atoms with Crippen LogP contribution in [0.15, 0.2) is 47.1 Å². The molecule has 0 spiro atoms. The summed E-state index contributed by atoms with van der Waals surface area (Å²) >= 11 is 0. The van der Waals surface area contributed by atoms with Crippen molar-refractivity contribution in [3.05, 3.63) is 47.1 Å². The first-order chi connectivity index (χ1) is 16.7. The Hall–Kier alpha value is -2.18. The van der Waals surface area contributed by atoms with Gasteiger partial charge in [0.2, 0.25) is 0 Å². The third kappa shape index (κ3) is 4.63. The number of hydrogen-bond donors (Lipinski definition) is 4. The molecule has 7 atom stereocenters. The minimum absolute atomic E-state index is 0.0485. The molecule has 0 aromatic heterocycles. The van der Waals surface area contributed by atoms with Crippen LogP contribution in [0.3, 0.4) is 0 Å². The highest BCUT2D eigenvalue weighted by Crippen LogP contribution is 2.70. The first kappa shape index (κ1) is 28.4. The molecule has 0 aromatic carbocycles. The summed E-state index contributed by atoms with van der Waals surface area (Å²) in [5.74, 6) is -2.68. The lowest BCUT2D eigenvalue weighted by Gasteiger charge is -2.56. The van der Waals surface area contributed by atoms with Crippen LogP contribution in [0.4, 0.5) is 0 Å². The van der Waals surface area contributed by atoms with E-state index in [4.69, 9.17) is 0 Å². The van der Waals surface area contributed by atoms with Gasteiger partial charge >= 0.3 is 11.9 Å². The largest absolute Gasteiger partial charge is 0.481 e. The molecule has 36 heavy (non-hydrogen) atoms. The van der Waals surface area contributed by atoms with Crippen molar-refractivity contribution in [1.29, 1.82) is 0 Å². The maximum atomic E-state index is 12.5. The fourth-order valence-corrected chi connectivity index (χ4v) is 7.79. The topological polar surface area (TPSA) is 115 Å². The van der Waals surface area contributed by atoms with Gasteiger partial charge in [0, 0.05) is 17.8 Å². The summed E-state index contributed by atoms with van der Waals surface area (Å²) < 4.78 is 0. The van der Waals surface area contributed by atoms with E-state index in [0.29, 0.717) is 32.1 Å². The Morgan fingerprint density at radius 1 is 1.17 bits per heavy atom. The molecule has 0 saturated heterocycles. The maximum Gasteiger partial charge on any atom is 0.306 e. The minimum Gasteiger partial charge on any atom is -0.481 e. The summed E-state index contributed by atoms with van der Waals surface area (Å²) in [4.78, 5) is 24.0. The number of fused-ring (bicyclic) bond motifs is 3. The predicted octanol–water partition coefficient (Wildman–Crippen LogP) is 5.52. The monoisotopic (exact) mass is 500 g/mol. The smallest absolute Gasteiger partial charge is 0.306 e. The molecule has 6 nitrogen and oxygen atoms in total. The summed E-state index contributed by atoms with van der Waals surface area (Å²) in [6.07, 6.45) is 9.02. The van der Waals surface area contributed by atoms with Crippen molar-refractivity contribution in [3.8, 4) is 0 Å². The molecule has 4 N–H and O–H groups in total. The number of carbonyl (C=O) groups is 2. The third-order valence-corrected chi connectivity index (χ3v) is 10.0. The number of carboxylic acids is 2. The molecule has 3 aliphatic rings. The first-order valence-corrected chi connectivity index (χ1v) is 13.2. The number of carboxylic acid groups (broad SMARTS) is 2. The highest BCUT2D eigenvalue weighted by atomic mass is 16.4. The van der Waals surface area contributed by atoms with Gasteiger partial charge in [-0.1, -0.05) is 56.7 Å². The van der Waals surface area contributed by atoms with E-state index >= 15 is 0 Å². The molecule has 3 rings (SSSR count). The Kier molecular flexibility index (Phi) is 8.12. The molecule has 6 heteroatoms. The van der Waals surface area contributed by atoms with E-state index in [-0.39, 0.29) is 24.4 Å². The van der Waals surface area contributed by atoms with Crippen LogP contribution in [0.2, 0.25) is 0 Å². The van der Waals surface area contributed by atoms with Gasteiger partial charge in [0.05, 0.1) is 18.6 Å². The number of rotatable bonds is 10. The quantitative estimate of drug-likeness (QED) is 0.294. The molecule has 200 valence electrons. The van der Waals surface area contributed by atoms with Crippen molar-refractivity contribution in [2.24, 2.45) is 34.0 Å². The van der Waals surface area contributed by atoms with Crippen LogP contribution in [0, 0.1) is 34.0 Å². The zero-order chi connectivity index (χ0) is 27.1. The molecule has 1 fully saturated rings. The summed E-state index contributed by atoms with van der Waals surface area (Å²) in [5, 5.41) is 40.4. The Morgan fingerprint density at radius 3 is 2.39 bits per heavy atom. The van der Waals surface area contributed by atoms with E-state index in [0.717, 1.165) is 28.7 Å². The number of aliphatic hydroxyl groups is 2. The van der Waals surface area contributed by atoms with Gasteiger partial charge in [-0.05, 0) is 80.3 Å². The van der Waals surface area contributed by atoms with Crippen molar-refractivity contribution in [2.45, 2.75) is 85.7 Å². The number of aliphatic hydroxyl groups excluding tert-OH is 2. The average Bonchev–Trinajstić information content (AvgIpc) is 3.00. The van der Waals surface area contributed by atoms with Crippen molar-refractivity contribution in [3.63, 3.8) is 0 Å². The Labute approximate surface area is 215 Å². The van der Waals surface area contributed by atoms with Crippen molar-refractivity contribution < 1.29 is 30.0 Å².